The Morgan fingerprint density at radius 3 is 2.82 bits per heavy atom. The van der Waals surface area contributed by atoms with E-state index >= 15 is 0 Å². The number of pyridine rings is 1. The standard InChI is InChI=1S/C13H16N2O2/c14-10-3-4-11(15-7-10)13(16)17-12-6-8-1-2-9(12)5-8/h3-4,7-9,12H,1-2,5-6,14H2. The average molecular weight is 232 g/mol. The first-order chi connectivity index (χ1) is 8.22. The highest BCUT2D eigenvalue weighted by atomic mass is 16.5. The highest BCUT2D eigenvalue weighted by Gasteiger charge is 2.41. The molecule has 1 aromatic heterocycles. The van der Waals surface area contributed by atoms with E-state index in [9.17, 15) is 4.79 Å². The van der Waals surface area contributed by atoms with Crippen LogP contribution >= 0.6 is 0 Å². The van der Waals surface area contributed by atoms with E-state index in [-0.39, 0.29) is 12.1 Å². The second kappa shape index (κ2) is 4.02. The zero-order valence-electron chi connectivity index (χ0n) is 9.63. The molecule has 2 N–H and O–H groups in total. The Morgan fingerprint density at radius 2 is 2.24 bits per heavy atom. The van der Waals surface area contributed by atoms with Crippen molar-refractivity contribution < 1.29 is 9.53 Å². The Hall–Kier alpha value is -1.58. The molecule has 2 fully saturated rings. The van der Waals surface area contributed by atoms with Crippen molar-refractivity contribution in [2.24, 2.45) is 11.8 Å². The minimum Gasteiger partial charge on any atom is -0.457 e. The molecule has 2 aliphatic carbocycles. The maximum absolute atomic E-state index is 11.9. The van der Waals surface area contributed by atoms with E-state index in [4.69, 9.17) is 10.5 Å². The Balaban J connectivity index is 1.65. The van der Waals surface area contributed by atoms with Crippen molar-refractivity contribution in [1.29, 1.82) is 0 Å². The number of rotatable bonds is 2. The van der Waals surface area contributed by atoms with E-state index in [0.717, 1.165) is 12.3 Å². The Morgan fingerprint density at radius 1 is 1.35 bits per heavy atom. The van der Waals surface area contributed by atoms with Crippen LogP contribution in [0, 0.1) is 11.8 Å². The van der Waals surface area contributed by atoms with E-state index in [2.05, 4.69) is 4.98 Å². The van der Waals surface area contributed by atoms with Crippen molar-refractivity contribution in [3.05, 3.63) is 24.0 Å². The summed E-state index contributed by atoms with van der Waals surface area (Å²) in [5, 5.41) is 0. The normalized spacial score (nSPS) is 30.5. The lowest BCUT2D eigenvalue weighted by molar-refractivity contribution is 0.0152. The van der Waals surface area contributed by atoms with Crippen LogP contribution in [0.5, 0.6) is 0 Å². The molecular formula is C13H16N2O2. The molecule has 0 radical (unpaired) electrons. The van der Waals surface area contributed by atoms with Gasteiger partial charge in [0, 0.05) is 0 Å². The van der Waals surface area contributed by atoms with Gasteiger partial charge in [0.1, 0.15) is 11.8 Å². The molecule has 0 amide bonds. The number of anilines is 1. The summed E-state index contributed by atoms with van der Waals surface area (Å²) in [6.45, 7) is 0. The molecular weight excluding hydrogens is 216 g/mol. The fourth-order valence-corrected chi connectivity index (χ4v) is 3.05. The van der Waals surface area contributed by atoms with Gasteiger partial charge in [-0.05, 0) is 49.7 Å². The number of hydrogen-bond acceptors (Lipinski definition) is 4. The summed E-state index contributed by atoms with van der Waals surface area (Å²) in [5.74, 6) is 1.04. The number of ether oxygens (including phenoxy) is 1. The van der Waals surface area contributed by atoms with Crippen LogP contribution < -0.4 is 5.73 Å². The molecule has 17 heavy (non-hydrogen) atoms. The van der Waals surface area contributed by atoms with E-state index in [1.165, 1.54) is 25.5 Å². The lowest BCUT2D eigenvalue weighted by atomic mass is 9.98. The van der Waals surface area contributed by atoms with Crippen molar-refractivity contribution in [1.82, 2.24) is 4.98 Å². The van der Waals surface area contributed by atoms with E-state index in [0.29, 0.717) is 17.3 Å². The molecule has 2 aliphatic rings. The fourth-order valence-electron chi connectivity index (χ4n) is 3.05. The smallest absolute Gasteiger partial charge is 0.357 e. The number of carbonyl (C=O) groups is 1. The van der Waals surface area contributed by atoms with Crippen LogP contribution in [-0.4, -0.2) is 17.1 Å². The van der Waals surface area contributed by atoms with Gasteiger partial charge in [-0.1, -0.05) is 0 Å². The second-order valence-electron chi connectivity index (χ2n) is 5.10. The van der Waals surface area contributed by atoms with Gasteiger partial charge in [-0.3, -0.25) is 0 Å². The van der Waals surface area contributed by atoms with E-state index < -0.39 is 0 Å². The lowest BCUT2D eigenvalue weighted by Gasteiger charge is -2.21. The maximum atomic E-state index is 11.9. The third-order valence-corrected chi connectivity index (χ3v) is 3.93. The van der Waals surface area contributed by atoms with Gasteiger partial charge in [0.05, 0.1) is 11.9 Å². The summed E-state index contributed by atoms with van der Waals surface area (Å²) in [7, 11) is 0. The largest absolute Gasteiger partial charge is 0.457 e. The molecule has 0 aromatic carbocycles. The summed E-state index contributed by atoms with van der Waals surface area (Å²) < 4.78 is 5.53. The van der Waals surface area contributed by atoms with Crippen molar-refractivity contribution in [3.8, 4) is 0 Å². The number of fused-ring (bicyclic) bond motifs is 2. The van der Waals surface area contributed by atoms with Gasteiger partial charge in [-0.15, -0.1) is 0 Å². The minimum atomic E-state index is -0.317. The third-order valence-electron chi connectivity index (χ3n) is 3.93. The Kier molecular flexibility index (Phi) is 2.50. The molecule has 0 saturated heterocycles. The van der Waals surface area contributed by atoms with Gasteiger partial charge < -0.3 is 10.5 Å². The molecule has 1 heterocycles. The third kappa shape index (κ3) is 1.99. The van der Waals surface area contributed by atoms with Crippen molar-refractivity contribution in [2.45, 2.75) is 31.8 Å². The number of hydrogen-bond donors (Lipinski definition) is 1. The molecule has 90 valence electrons. The number of esters is 1. The van der Waals surface area contributed by atoms with Crippen molar-refractivity contribution in [3.63, 3.8) is 0 Å². The maximum Gasteiger partial charge on any atom is 0.357 e. The molecule has 2 bridgehead atoms. The Labute approximate surface area is 100 Å². The monoisotopic (exact) mass is 232 g/mol. The first-order valence-electron chi connectivity index (χ1n) is 6.15. The first kappa shape index (κ1) is 10.6. The van der Waals surface area contributed by atoms with E-state index in [1.54, 1.807) is 12.1 Å². The summed E-state index contributed by atoms with van der Waals surface area (Å²) in [4.78, 5) is 15.8. The summed E-state index contributed by atoms with van der Waals surface area (Å²) in [6, 6.07) is 3.29. The van der Waals surface area contributed by atoms with Crippen LogP contribution in [0.15, 0.2) is 18.3 Å². The summed E-state index contributed by atoms with van der Waals surface area (Å²) >= 11 is 0. The molecule has 4 nitrogen and oxygen atoms in total. The van der Waals surface area contributed by atoms with Gasteiger partial charge >= 0.3 is 5.97 Å². The minimum absolute atomic E-state index is 0.112. The zero-order chi connectivity index (χ0) is 11.8. The quantitative estimate of drug-likeness (QED) is 0.792. The van der Waals surface area contributed by atoms with Crippen LogP contribution in [0.4, 0.5) is 5.69 Å². The number of nitrogen functional groups attached to an aromatic ring is 1. The predicted octanol–water partition coefficient (Wildman–Crippen LogP) is 2.01. The highest BCUT2D eigenvalue weighted by Crippen LogP contribution is 2.45. The molecule has 0 spiro atoms. The molecule has 1 aromatic rings. The van der Waals surface area contributed by atoms with Gasteiger partial charge in [0.15, 0.2) is 0 Å². The Bertz CT molecular complexity index is 430. The number of nitrogens with zero attached hydrogens (tertiary/aromatic N) is 1. The van der Waals surface area contributed by atoms with Gasteiger partial charge in [-0.25, -0.2) is 9.78 Å². The van der Waals surface area contributed by atoms with Crippen LogP contribution in [-0.2, 0) is 4.74 Å². The van der Waals surface area contributed by atoms with Gasteiger partial charge in [-0.2, -0.15) is 0 Å². The molecule has 2 saturated carbocycles. The summed E-state index contributed by atoms with van der Waals surface area (Å²) in [6.07, 6.45) is 6.37. The zero-order valence-corrected chi connectivity index (χ0v) is 9.63. The second-order valence-corrected chi connectivity index (χ2v) is 5.10. The molecule has 3 rings (SSSR count). The van der Waals surface area contributed by atoms with Crippen molar-refractivity contribution in [2.75, 3.05) is 5.73 Å². The molecule has 3 atom stereocenters. The first-order valence-corrected chi connectivity index (χ1v) is 6.15. The fraction of sp³-hybridized carbons (Fsp3) is 0.538. The van der Waals surface area contributed by atoms with Crippen LogP contribution in [0.2, 0.25) is 0 Å². The van der Waals surface area contributed by atoms with E-state index in [1.807, 2.05) is 0 Å². The predicted molar refractivity (Wildman–Crippen MR) is 63.3 cm³/mol. The van der Waals surface area contributed by atoms with Crippen LogP contribution in [0.1, 0.15) is 36.2 Å². The number of nitrogens with two attached hydrogens (primary N) is 1. The molecule has 4 heteroatoms. The topological polar surface area (TPSA) is 65.2 Å². The SMILES string of the molecule is Nc1ccc(C(=O)OC2CC3CCC2C3)nc1. The van der Waals surface area contributed by atoms with Gasteiger partial charge in [0.25, 0.3) is 0 Å². The van der Waals surface area contributed by atoms with Crippen LogP contribution in [0.3, 0.4) is 0 Å². The van der Waals surface area contributed by atoms with Crippen molar-refractivity contribution >= 4 is 11.7 Å². The summed E-state index contributed by atoms with van der Waals surface area (Å²) in [5.41, 5.74) is 6.43. The number of carbonyl (C=O) groups excluding carboxylic acids is 1. The molecule has 0 aliphatic heterocycles. The average Bonchev–Trinajstić information content (AvgIpc) is 2.91. The lowest BCUT2D eigenvalue weighted by Crippen LogP contribution is -2.24. The van der Waals surface area contributed by atoms with Crippen LogP contribution in [0.25, 0.3) is 0 Å². The highest BCUT2D eigenvalue weighted by molar-refractivity contribution is 5.87. The van der Waals surface area contributed by atoms with Gasteiger partial charge in [0.2, 0.25) is 0 Å². The number of aromatic nitrogens is 1. The molecule has 3 unspecified atom stereocenters.